The van der Waals surface area contributed by atoms with Crippen molar-refractivity contribution in [3.8, 4) is 0 Å². The van der Waals surface area contributed by atoms with Gasteiger partial charge in [0.05, 0.1) is 12.2 Å². The fourth-order valence-electron chi connectivity index (χ4n) is 5.74. The molecule has 2 fully saturated rings. The highest BCUT2D eigenvalue weighted by atomic mass is 19.3. The van der Waals surface area contributed by atoms with E-state index in [1.807, 2.05) is 49.4 Å². The number of aliphatic hydroxyl groups is 2. The summed E-state index contributed by atoms with van der Waals surface area (Å²) >= 11 is 0. The molecule has 0 radical (unpaired) electrons. The zero-order chi connectivity index (χ0) is 28.8. The molecule has 226 valence electrons. The molecule has 1 heterocycles. The molecule has 1 saturated carbocycles. The molecule has 6 nitrogen and oxygen atoms in total. The van der Waals surface area contributed by atoms with Crippen LogP contribution in [0.25, 0.3) is 0 Å². The number of carbonyl (C=O) groups excluding carboxylic acids is 1. The molecule has 1 aromatic carbocycles. The van der Waals surface area contributed by atoms with Gasteiger partial charge in [-0.2, -0.15) is 0 Å². The van der Waals surface area contributed by atoms with Gasteiger partial charge in [0.2, 0.25) is 0 Å². The first-order valence-corrected chi connectivity index (χ1v) is 15.2. The lowest BCUT2D eigenvalue weighted by Gasteiger charge is -2.31. The maximum Gasteiger partial charge on any atom is 0.306 e. The molecule has 1 saturated heterocycles. The molecule has 0 aromatic heterocycles. The molecular weight excluding hydrogens is 518 g/mol. The van der Waals surface area contributed by atoms with Crippen LogP contribution >= 0.6 is 0 Å². The van der Waals surface area contributed by atoms with Gasteiger partial charge in [-0.05, 0) is 75.2 Å². The lowest BCUT2D eigenvalue weighted by atomic mass is 9.85. The van der Waals surface area contributed by atoms with Crippen LogP contribution in [0.4, 0.5) is 8.78 Å². The summed E-state index contributed by atoms with van der Waals surface area (Å²) in [5.41, 5.74) is 0.954. The van der Waals surface area contributed by atoms with Crippen LogP contribution in [-0.4, -0.2) is 53.3 Å². The minimum atomic E-state index is -3.12. The fourth-order valence-corrected chi connectivity index (χ4v) is 5.74. The van der Waals surface area contributed by atoms with Gasteiger partial charge in [-0.1, -0.05) is 55.8 Å². The average Bonchev–Trinajstić information content (AvgIpc) is 3.25. The van der Waals surface area contributed by atoms with Crippen molar-refractivity contribution in [2.75, 3.05) is 6.61 Å². The zero-order valence-electron chi connectivity index (χ0n) is 23.9. The van der Waals surface area contributed by atoms with Crippen LogP contribution in [0.1, 0.15) is 96.0 Å². The number of carbonyl (C=O) groups is 1. The van der Waals surface area contributed by atoms with Gasteiger partial charge in [0.25, 0.3) is 5.92 Å². The Labute approximate surface area is 238 Å². The highest BCUT2D eigenvalue weighted by Gasteiger charge is 2.45. The summed E-state index contributed by atoms with van der Waals surface area (Å²) in [6, 6.07) is 9.56. The third kappa shape index (κ3) is 10.8. The van der Waals surface area contributed by atoms with E-state index in [1.54, 1.807) is 0 Å². The standard InChI is InChI=1S/C32H48F2O6/c1-2-3-20-32(33,34)29(36)19-18-26-25(27(35)22-28(26)40-31-17-11-12-21-38-31)15-9-4-5-10-16-30(37)39-23-24-13-7-6-8-14-24/h4,6-9,13-14,25-29,31,35-36H,2-3,5,10-12,15-23H2,1H3/b9-4+. The second-order valence-electron chi connectivity index (χ2n) is 11.3. The van der Waals surface area contributed by atoms with Crippen LogP contribution in [0.3, 0.4) is 0 Å². The van der Waals surface area contributed by atoms with E-state index >= 15 is 0 Å². The minimum Gasteiger partial charge on any atom is -0.461 e. The van der Waals surface area contributed by atoms with Gasteiger partial charge in [0.15, 0.2) is 6.29 Å². The maximum absolute atomic E-state index is 14.4. The van der Waals surface area contributed by atoms with Crippen LogP contribution < -0.4 is 0 Å². The Morgan fingerprint density at radius 3 is 2.70 bits per heavy atom. The fraction of sp³-hybridized carbons (Fsp3) is 0.719. The summed E-state index contributed by atoms with van der Waals surface area (Å²) in [6.45, 7) is 2.76. The van der Waals surface area contributed by atoms with Gasteiger partial charge in [0, 0.05) is 25.9 Å². The van der Waals surface area contributed by atoms with Gasteiger partial charge in [-0.3, -0.25) is 4.79 Å². The van der Waals surface area contributed by atoms with Crippen molar-refractivity contribution in [3.05, 3.63) is 48.0 Å². The van der Waals surface area contributed by atoms with E-state index in [0.717, 1.165) is 24.8 Å². The third-order valence-electron chi connectivity index (χ3n) is 8.15. The number of halogens is 2. The van der Waals surface area contributed by atoms with Crippen LogP contribution in [-0.2, 0) is 25.6 Å². The normalized spacial score (nSPS) is 26.3. The van der Waals surface area contributed by atoms with Crippen molar-refractivity contribution in [2.45, 2.75) is 128 Å². The summed E-state index contributed by atoms with van der Waals surface area (Å²) in [6.07, 6.45) is 7.55. The maximum atomic E-state index is 14.4. The molecule has 40 heavy (non-hydrogen) atoms. The number of aliphatic hydroxyl groups excluding tert-OH is 2. The van der Waals surface area contributed by atoms with E-state index in [2.05, 4.69) is 0 Å². The highest BCUT2D eigenvalue weighted by molar-refractivity contribution is 5.69. The quantitative estimate of drug-likeness (QED) is 0.124. The van der Waals surface area contributed by atoms with Crippen molar-refractivity contribution in [1.82, 2.24) is 0 Å². The predicted octanol–water partition coefficient (Wildman–Crippen LogP) is 6.72. The summed E-state index contributed by atoms with van der Waals surface area (Å²) in [4.78, 5) is 12.0. The number of allylic oxidation sites excluding steroid dienone is 2. The number of benzene rings is 1. The van der Waals surface area contributed by atoms with Gasteiger partial charge in [0.1, 0.15) is 12.7 Å². The Kier molecular flexibility index (Phi) is 14.0. The molecule has 0 bridgehead atoms. The van der Waals surface area contributed by atoms with Gasteiger partial charge in [-0.15, -0.1) is 0 Å². The van der Waals surface area contributed by atoms with Crippen molar-refractivity contribution in [3.63, 3.8) is 0 Å². The Morgan fingerprint density at radius 2 is 1.98 bits per heavy atom. The Balaban J connectivity index is 1.48. The largest absolute Gasteiger partial charge is 0.461 e. The van der Waals surface area contributed by atoms with Crippen LogP contribution in [0, 0.1) is 11.8 Å². The molecule has 1 aromatic rings. The first kappa shape index (κ1) is 32.6. The topological polar surface area (TPSA) is 85.2 Å². The van der Waals surface area contributed by atoms with Crippen LogP contribution in [0.5, 0.6) is 0 Å². The lowest BCUT2D eigenvalue weighted by molar-refractivity contribution is -0.197. The van der Waals surface area contributed by atoms with Crippen molar-refractivity contribution in [2.24, 2.45) is 11.8 Å². The molecule has 8 heteroatoms. The lowest BCUT2D eigenvalue weighted by Crippen LogP contribution is -2.36. The van der Waals surface area contributed by atoms with Gasteiger partial charge < -0.3 is 24.4 Å². The Morgan fingerprint density at radius 1 is 1.18 bits per heavy atom. The van der Waals surface area contributed by atoms with E-state index in [1.165, 1.54) is 0 Å². The molecule has 1 aliphatic heterocycles. The number of rotatable bonds is 17. The molecule has 6 atom stereocenters. The summed E-state index contributed by atoms with van der Waals surface area (Å²) in [7, 11) is 0. The second-order valence-corrected chi connectivity index (χ2v) is 11.3. The van der Waals surface area contributed by atoms with Crippen LogP contribution in [0.15, 0.2) is 42.5 Å². The van der Waals surface area contributed by atoms with E-state index in [9.17, 15) is 23.8 Å². The van der Waals surface area contributed by atoms with E-state index in [-0.39, 0.29) is 49.6 Å². The monoisotopic (exact) mass is 566 g/mol. The number of ether oxygens (including phenoxy) is 3. The van der Waals surface area contributed by atoms with E-state index < -0.39 is 18.1 Å². The minimum absolute atomic E-state index is 0.0369. The molecule has 2 aliphatic rings. The SMILES string of the molecule is CCCCC(F)(F)C(O)CCC1C(OC2CCCCO2)CC(O)C1C/C=C/CCCC(=O)OCc1ccccc1. The summed E-state index contributed by atoms with van der Waals surface area (Å²) < 4.78 is 46.2. The molecule has 0 amide bonds. The Bertz CT molecular complexity index is 873. The third-order valence-corrected chi connectivity index (χ3v) is 8.15. The average molecular weight is 567 g/mol. The number of unbranched alkanes of at least 4 members (excludes halogenated alkanes) is 2. The number of esters is 1. The number of alkyl halides is 2. The van der Waals surface area contributed by atoms with Crippen molar-refractivity contribution in [1.29, 1.82) is 0 Å². The van der Waals surface area contributed by atoms with Gasteiger partial charge in [-0.25, -0.2) is 8.78 Å². The van der Waals surface area contributed by atoms with Crippen molar-refractivity contribution >= 4 is 5.97 Å². The van der Waals surface area contributed by atoms with E-state index in [4.69, 9.17) is 14.2 Å². The second kappa shape index (κ2) is 17.2. The Hall–Kier alpha value is -1.87. The van der Waals surface area contributed by atoms with Crippen molar-refractivity contribution < 1.29 is 38.0 Å². The number of hydrogen-bond acceptors (Lipinski definition) is 6. The molecule has 3 rings (SSSR count). The first-order valence-electron chi connectivity index (χ1n) is 15.2. The first-order chi connectivity index (χ1) is 19.3. The predicted molar refractivity (Wildman–Crippen MR) is 150 cm³/mol. The summed E-state index contributed by atoms with van der Waals surface area (Å²) in [5, 5.41) is 21.2. The number of hydrogen-bond donors (Lipinski definition) is 2. The summed E-state index contributed by atoms with van der Waals surface area (Å²) in [5.74, 6) is -3.66. The molecular formula is C32H48F2O6. The smallest absolute Gasteiger partial charge is 0.306 e. The molecule has 1 aliphatic carbocycles. The highest BCUT2D eigenvalue weighted by Crippen LogP contribution is 2.42. The molecule has 2 N–H and O–H groups in total. The zero-order valence-corrected chi connectivity index (χ0v) is 23.9. The van der Waals surface area contributed by atoms with Crippen LogP contribution in [0.2, 0.25) is 0 Å². The van der Waals surface area contributed by atoms with Gasteiger partial charge >= 0.3 is 5.97 Å². The molecule has 0 spiro atoms. The molecule has 6 unspecified atom stereocenters. The van der Waals surface area contributed by atoms with E-state index in [0.29, 0.717) is 58.0 Å².